The Balaban J connectivity index is 0.00000145. The lowest BCUT2D eigenvalue weighted by atomic mass is 10.1. The van der Waals surface area contributed by atoms with Gasteiger partial charge < -0.3 is 26.0 Å². The van der Waals surface area contributed by atoms with Crippen LogP contribution in [0, 0.1) is 0 Å². The summed E-state index contributed by atoms with van der Waals surface area (Å²) in [5, 5.41) is 10.7. The lowest BCUT2D eigenvalue weighted by Gasteiger charge is -2.23. The van der Waals surface area contributed by atoms with Crippen LogP contribution in [0.3, 0.4) is 0 Å². The third kappa shape index (κ3) is 4.00. The molecule has 11 heteroatoms. The molecule has 1 aromatic carbocycles. The number of carbonyl (C=O) groups is 2. The summed E-state index contributed by atoms with van der Waals surface area (Å²) in [6, 6.07) is 5.08. The predicted molar refractivity (Wildman–Crippen MR) is 105 cm³/mol. The minimum Gasteiger partial charge on any atom is -0.497 e. The average molecular weight is 404 g/mol. The molecule has 2 heterocycles. The van der Waals surface area contributed by atoms with E-state index in [-0.39, 0.29) is 30.1 Å². The van der Waals surface area contributed by atoms with Crippen molar-refractivity contribution < 1.29 is 24.2 Å². The molecule has 0 spiro atoms. The number of carbonyl (C=O) groups excluding carboxylic acids is 1. The highest BCUT2D eigenvalue weighted by molar-refractivity contribution is 5.91. The summed E-state index contributed by atoms with van der Waals surface area (Å²) >= 11 is 0. The second-order valence-corrected chi connectivity index (χ2v) is 5.70. The van der Waals surface area contributed by atoms with E-state index in [2.05, 4.69) is 10.7 Å². The molecule has 0 atom stereocenters. The van der Waals surface area contributed by atoms with E-state index >= 15 is 0 Å². The quantitative estimate of drug-likeness (QED) is 0.311. The number of esters is 1. The van der Waals surface area contributed by atoms with Gasteiger partial charge in [-0.15, -0.1) is 0 Å². The largest absolute Gasteiger partial charge is 0.497 e. The van der Waals surface area contributed by atoms with Gasteiger partial charge in [0.25, 0.3) is 0 Å². The molecular formula is C18H24N6O5. The molecule has 1 aromatic heterocycles. The third-order valence-corrected chi connectivity index (χ3v) is 4.20. The number of anilines is 1. The Morgan fingerprint density at radius 2 is 1.97 bits per heavy atom. The SMILES string of the molecule is CCOC(=O)/C(N)=C1\Cc2c(C(=O)O)ncn2-c2ccc(OC)cc2N1N.CN. The number of hydrogen-bond donors (Lipinski definition) is 4. The molecule has 0 unspecified atom stereocenters. The minimum absolute atomic E-state index is 0.0280. The zero-order valence-corrected chi connectivity index (χ0v) is 16.4. The van der Waals surface area contributed by atoms with Crippen molar-refractivity contribution in [1.82, 2.24) is 9.55 Å². The van der Waals surface area contributed by atoms with Gasteiger partial charge in [-0.2, -0.15) is 0 Å². The molecule has 1 aliphatic heterocycles. The minimum atomic E-state index is -1.20. The average Bonchev–Trinajstić information content (AvgIpc) is 3.11. The van der Waals surface area contributed by atoms with E-state index in [0.717, 1.165) is 0 Å². The lowest BCUT2D eigenvalue weighted by molar-refractivity contribution is -0.138. The zero-order valence-electron chi connectivity index (χ0n) is 16.4. The molecule has 156 valence electrons. The summed E-state index contributed by atoms with van der Waals surface area (Å²) in [5.41, 5.74) is 11.7. The van der Waals surface area contributed by atoms with Crippen molar-refractivity contribution in [3.63, 3.8) is 0 Å². The number of allylic oxidation sites excluding steroid dienone is 1. The highest BCUT2D eigenvalue weighted by atomic mass is 16.5. The van der Waals surface area contributed by atoms with E-state index in [1.54, 1.807) is 29.7 Å². The van der Waals surface area contributed by atoms with Crippen LogP contribution in [-0.4, -0.2) is 47.4 Å². The van der Waals surface area contributed by atoms with Crippen LogP contribution in [0.25, 0.3) is 5.69 Å². The van der Waals surface area contributed by atoms with Crippen molar-refractivity contribution in [3.8, 4) is 11.4 Å². The van der Waals surface area contributed by atoms with E-state index in [4.69, 9.17) is 21.1 Å². The van der Waals surface area contributed by atoms with E-state index in [9.17, 15) is 14.7 Å². The van der Waals surface area contributed by atoms with E-state index < -0.39 is 11.9 Å². The van der Waals surface area contributed by atoms with E-state index in [1.807, 2.05) is 0 Å². The summed E-state index contributed by atoms with van der Waals surface area (Å²) in [5.74, 6) is 4.86. The van der Waals surface area contributed by atoms with Crippen LogP contribution >= 0.6 is 0 Å². The van der Waals surface area contributed by atoms with Gasteiger partial charge in [-0.3, -0.25) is 9.58 Å². The summed E-state index contributed by atoms with van der Waals surface area (Å²) in [6.07, 6.45) is 1.36. The highest BCUT2D eigenvalue weighted by Crippen LogP contribution is 2.35. The maximum Gasteiger partial charge on any atom is 0.356 e. The molecule has 3 rings (SSSR count). The number of nitrogens with two attached hydrogens (primary N) is 3. The second kappa shape index (κ2) is 9.08. The standard InChI is InChI=1S/C17H19N5O5.CH5N/c1-3-27-17(25)14(18)12-7-13-15(16(23)24)20-8-21(13)10-5-4-9(26-2)6-11(10)22(12)19;1-2/h4-6,8H,3,7,18-19H2,1-2H3,(H,23,24);2H2,1H3/b14-12-;. The molecule has 0 saturated carbocycles. The number of ether oxygens (including phenoxy) is 2. The maximum absolute atomic E-state index is 12.2. The third-order valence-electron chi connectivity index (χ3n) is 4.20. The number of benzene rings is 1. The molecule has 0 bridgehead atoms. The first-order chi connectivity index (χ1) is 13.9. The predicted octanol–water partition coefficient (Wildman–Crippen LogP) is 0.124. The second-order valence-electron chi connectivity index (χ2n) is 5.70. The summed E-state index contributed by atoms with van der Waals surface area (Å²) in [4.78, 5) is 27.7. The van der Waals surface area contributed by atoms with Crippen LogP contribution in [-0.2, 0) is 16.0 Å². The Morgan fingerprint density at radius 1 is 1.28 bits per heavy atom. The Hall–Kier alpha value is -3.57. The number of carboxylic acid groups (broad SMARTS) is 1. The van der Waals surface area contributed by atoms with Crippen molar-refractivity contribution >= 4 is 17.6 Å². The molecule has 1 aliphatic rings. The maximum atomic E-state index is 12.2. The monoisotopic (exact) mass is 404 g/mol. The van der Waals surface area contributed by atoms with Crippen LogP contribution in [0.4, 0.5) is 5.69 Å². The fourth-order valence-electron chi connectivity index (χ4n) is 2.90. The first kappa shape index (κ1) is 21.7. The number of methoxy groups -OCH3 is 1. The normalized spacial score (nSPS) is 13.9. The smallest absolute Gasteiger partial charge is 0.356 e. The molecule has 7 N–H and O–H groups in total. The molecule has 0 amide bonds. The lowest BCUT2D eigenvalue weighted by Crippen LogP contribution is -2.35. The summed E-state index contributed by atoms with van der Waals surface area (Å²) in [6.45, 7) is 1.79. The number of rotatable bonds is 4. The molecule has 0 radical (unpaired) electrons. The number of carboxylic acids is 1. The number of hydrogen-bond acceptors (Lipinski definition) is 9. The molecule has 11 nitrogen and oxygen atoms in total. The highest BCUT2D eigenvalue weighted by Gasteiger charge is 2.30. The molecule has 0 saturated heterocycles. The molecule has 29 heavy (non-hydrogen) atoms. The van der Waals surface area contributed by atoms with E-state index in [0.29, 0.717) is 22.8 Å². The Morgan fingerprint density at radius 3 is 2.55 bits per heavy atom. The first-order valence-corrected chi connectivity index (χ1v) is 8.65. The van der Waals surface area contributed by atoms with Crippen molar-refractivity contribution in [2.45, 2.75) is 13.3 Å². The number of imidazole rings is 1. The van der Waals surface area contributed by atoms with Gasteiger partial charge in [-0.25, -0.2) is 20.4 Å². The molecule has 2 aromatic rings. The summed E-state index contributed by atoms with van der Waals surface area (Å²) < 4.78 is 11.8. The van der Waals surface area contributed by atoms with Gasteiger partial charge in [0.15, 0.2) is 5.69 Å². The zero-order chi connectivity index (χ0) is 21.7. The summed E-state index contributed by atoms with van der Waals surface area (Å²) in [7, 11) is 3.01. The van der Waals surface area contributed by atoms with Gasteiger partial charge in [0, 0.05) is 12.5 Å². The fourth-order valence-corrected chi connectivity index (χ4v) is 2.90. The van der Waals surface area contributed by atoms with Gasteiger partial charge in [0.1, 0.15) is 17.8 Å². The van der Waals surface area contributed by atoms with Crippen LogP contribution in [0.2, 0.25) is 0 Å². The number of aromatic carboxylic acids is 1. The van der Waals surface area contributed by atoms with Gasteiger partial charge >= 0.3 is 11.9 Å². The van der Waals surface area contributed by atoms with Gasteiger partial charge in [0.05, 0.1) is 36.5 Å². The number of hydrazine groups is 1. The number of aromatic nitrogens is 2. The van der Waals surface area contributed by atoms with Crippen molar-refractivity contribution in [2.75, 3.05) is 25.8 Å². The van der Waals surface area contributed by atoms with Gasteiger partial charge in [0.2, 0.25) is 0 Å². The Kier molecular flexibility index (Phi) is 6.80. The molecular weight excluding hydrogens is 380 g/mol. The van der Waals surface area contributed by atoms with Crippen LogP contribution in [0.15, 0.2) is 35.9 Å². The van der Waals surface area contributed by atoms with Gasteiger partial charge in [-0.1, -0.05) is 0 Å². The van der Waals surface area contributed by atoms with Crippen molar-refractivity contribution in [1.29, 1.82) is 0 Å². The van der Waals surface area contributed by atoms with Crippen molar-refractivity contribution in [2.24, 2.45) is 17.3 Å². The fraction of sp³-hybridized carbons (Fsp3) is 0.278. The number of nitrogens with zero attached hydrogens (tertiary/aromatic N) is 3. The topological polar surface area (TPSA) is 172 Å². The molecule has 0 aliphatic carbocycles. The van der Waals surface area contributed by atoms with Crippen LogP contribution in [0.5, 0.6) is 5.75 Å². The van der Waals surface area contributed by atoms with E-state index in [1.165, 1.54) is 25.5 Å². The first-order valence-electron chi connectivity index (χ1n) is 8.65. The Bertz CT molecular complexity index is 952. The number of fused-ring (bicyclic) bond motifs is 3. The van der Waals surface area contributed by atoms with Crippen LogP contribution < -0.4 is 27.1 Å². The van der Waals surface area contributed by atoms with Gasteiger partial charge in [-0.05, 0) is 26.1 Å². The molecule has 0 fully saturated rings. The Labute approximate surface area is 167 Å². The van der Waals surface area contributed by atoms with Crippen molar-refractivity contribution in [3.05, 3.63) is 47.3 Å². The van der Waals surface area contributed by atoms with Crippen LogP contribution in [0.1, 0.15) is 23.1 Å².